The van der Waals surface area contributed by atoms with Crippen molar-refractivity contribution in [2.24, 2.45) is 0 Å². The number of para-hydroxylation sites is 2. The van der Waals surface area contributed by atoms with Crippen LogP contribution in [-0.2, 0) is 19.4 Å². The molecule has 31 heavy (non-hydrogen) atoms. The molecule has 0 saturated heterocycles. The molecule has 0 unspecified atom stereocenters. The maximum Gasteiger partial charge on any atom is 0.238 e. The summed E-state index contributed by atoms with van der Waals surface area (Å²) in [5, 5.41) is 5.54. The van der Waals surface area contributed by atoms with Gasteiger partial charge in [-0.3, -0.25) is 19.4 Å². The van der Waals surface area contributed by atoms with Crippen LogP contribution < -0.4 is 10.6 Å². The number of likely N-dealkylation sites (N-methyl/N-ethyl adjacent to an activating group) is 2. The molecule has 2 amide bonds. The van der Waals surface area contributed by atoms with Crippen LogP contribution in [0.3, 0.4) is 0 Å². The number of sulfone groups is 1. The van der Waals surface area contributed by atoms with Gasteiger partial charge in [-0.15, -0.1) is 0 Å². The number of carbonyl (C=O) groups is 2. The van der Waals surface area contributed by atoms with Crippen LogP contribution in [0.5, 0.6) is 0 Å². The Morgan fingerprint density at radius 1 is 0.710 bits per heavy atom. The van der Waals surface area contributed by atoms with Gasteiger partial charge in [0.25, 0.3) is 0 Å². The van der Waals surface area contributed by atoms with E-state index in [1.165, 1.54) is 0 Å². The van der Waals surface area contributed by atoms with Crippen molar-refractivity contribution in [3.8, 4) is 0 Å². The molecule has 168 valence electrons. The summed E-state index contributed by atoms with van der Waals surface area (Å²) in [7, 11) is 0.109. The second-order valence-electron chi connectivity index (χ2n) is 7.46. The molecule has 0 spiro atoms. The third kappa shape index (κ3) is 10.2. The number of hydrogen-bond acceptors (Lipinski definition) is 6. The lowest BCUT2D eigenvalue weighted by Crippen LogP contribution is -2.36. The maximum atomic E-state index is 12.3. The van der Waals surface area contributed by atoms with E-state index in [9.17, 15) is 18.0 Å². The monoisotopic (exact) mass is 446 g/mol. The molecule has 2 aromatic rings. The zero-order valence-electron chi connectivity index (χ0n) is 18.0. The van der Waals surface area contributed by atoms with Crippen molar-refractivity contribution in [1.29, 1.82) is 0 Å². The van der Waals surface area contributed by atoms with Gasteiger partial charge < -0.3 is 10.6 Å². The number of hydrogen-bond donors (Lipinski definition) is 2. The Morgan fingerprint density at radius 2 is 1.06 bits per heavy atom. The zero-order chi connectivity index (χ0) is 22.7. The molecular weight excluding hydrogens is 416 g/mol. The number of nitrogens with zero attached hydrogens (tertiary/aromatic N) is 2. The highest BCUT2D eigenvalue weighted by Gasteiger charge is 2.16. The van der Waals surface area contributed by atoms with Gasteiger partial charge in [0.2, 0.25) is 11.8 Å². The summed E-state index contributed by atoms with van der Waals surface area (Å²) in [6.45, 7) is 0.708. The third-order valence-corrected chi connectivity index (χ3v) is 6.12. The lowest BCUT2D eigenvalue weighted by Gasteiger charge is -2.18. The van der Waals surface area contributed by atoms with E-state index >= 15 is 0 Å². The van der Waals surface area contributed by atoms with E-state index in [0.29, 0.717) is 11.4 Å². The van der Waals surface area contributed by atoms with Gasteiger partial charge in [-0.05, 0) is 38.4 Å². The van der Waals surface area contributed by atoms with Crippen molar-refractivity contribution in [3.63, 3.8) is 0 Å². The summed E-state index contributed by atoms with van der Waals surface area (Å²) in [6, 6.07) is 18.2. The summed E-state index contributed by atoms with van der Waals surface area (Å²) in [4.78, 5) is 27.4. The topological polar surface area (TPSA) is 98.8 Å². The fourth-order valence-electron chi connectivity index (χ4n) is 2.78. The maximum absolute atomic E-state index is 12.3. The van der Waals surface area contributed by atoms with Gasteiger partial charge in [-0.25, -0.2) is 8.42 Å². The summed E-state index contributed by atoms with van der Waals surface area (Å²) in [5.74, 6) is -0.497. The van der Waals surface area contributed by atoms with Gasteiger partial charge in [0.15, 0.2) is 9.84 Å². The van der Waals surface area contributed by atoms with Crippen LogP contribution in [0.15, 0.2) is 60.7 Å². The molecule has 0 aliphatic carbocycles. The molecule has 0 aromatic heterocycles. The van der Waals surface area contributed by atoms with Gasteiger partial charge in [0.1, 0.15) is 0 Å². The fraction of sp³-hybridized carbons (Fsp3) is 0.364. The van der Waals surface area contributed by atoms with Crippen LogP contribution in [0.1, 0.15) is 0 Å². The van der Waals surface area contributed by atoms with Gasteiger partial charge in [-0.1, -0.05) is 36.4 Å². The van der Waals surface area contributed by atoms with Crippen molar-refractivity contribution in [2.75, 3.05) is 62.4 Å². The molecule has 0 atom stereocenters. The van der Waals surface area contributed by atoms with Crippen LogP contribution in [0, 0.1) is 0 Å². The van der Waals surface area contributed by atoms with E-state index in [2.05, 4.69) is 10.6 Å². The summed E-state index contributed by atoms with van der Waals surface area (Å²) < 4.78 is 24.7. The molecule has 2 rings (SSSR count). The second-order valence-corrected chi connectivity index (χ2v) is 9.76. The highest BCUT2D eigenvalue weighted by Crippen LogP contribution is 2.06. The molecule has 2 aromatic carbocycles. The number of carbonyl (C=O) groups excluding carboxylic acids is 2. The molecule has 0 radical (unpaired) electrons. The van der Waals surface area contributed by atoms with Crippen molar-refractivity contribution < 1.29 is 18.0 Å². The summed E-state index contributed by atoms with van der Waals surface area (Å²) in [6.07, 6.45) is 0. The number of amides is 2. The molecule has 9 heteroatoms. The van der Waals surface area contributed by atoms with Crippen LogP contribution in [0.25, 0.3) is 0 Å². The number of rotatable bonds is 12. The Morgan fingerprint density at radius 3 is 1.42 bits per heavy atom. The Kier molecular flexibility index (Phi) is 9.64. The average molecular weight is 447 g/mol. The highest BCUT2D eigenvalue weighted by molar-refractivity contribution is 7.91. The molecule has 0 saturated carbocycles. The molecular formula is C22H30N4O4S. The van der Waals surface area contributed by atoms with E-state index in [0.717, 1.165) is 0 Å². The van der Waals surface area contributed by atoms with E-state index in [-0.39, 0.29) is 49.5 Å². The van der Waals surface area contributed by atoms with Gasteiger partial charge in [-0.2, -0.15) is 0 Å². The van der Waals surface area contributed by atoms with Gasteiger partial charge in [0.05, 0.1) is 24.6 Å². The SMILES string of the molecule is CN(CCS(=O)(=O)CCN(C)CC(=O)Nc1ccccc1)CC(=O)Nc1ccccc1. The van der Waals surface area contributed by atoms with Crippen molar-refractivity contribution in [2.45, 2.75) is 0 Å². The Balaban J connectivity index is 1.67. The summed E-state index contributed by atoms with van der Waals surface area (Å²) in [5.41, 5.74) is 1.40. The van der Waals surface area contributed by atoms with E-state index in [1.807, 2.05) is 36.4 Å². The van der Waals surface area contributed by atoms with E-state index in [4.69, 9.17) is 0 Å². The van der Waals surface area contributed by atoms with Crippen LogP contribution >= 0.6 is 0 Å². The van der Waals surface area contributed by atoms with Gasteiger partial charge in [0, 0.05) is 24.5 Å². The van der Waals surface area contributed by atoms with Crippen molar-refractivity contribution >= 4 is 33.0 Å². The number of anilines is 2. The first-order valence-corrected chi connectivity index (χ1v) is 11.8. The zero-order valence-corrected chi connectivity index (χ0v) is 18.8. The Labute approximate surface area is 184 Å². The smallest absolute Gasteiger partial charge is 0.238 e. The minimum absolute atomic E-state index is 0.0494. The lowest BCUT2D eigenvalue weighted by molar-refractivity contribution is -0.117. The molecule has 0 aliphatic rings. The first kappa shape index (κ1) is 24.5. The van der Waals surface area contributed by atoms with Crippen LogP contribution in [0.4, 0.5) is 11.4 Å². The fourth-order valence-corrected chi connectivity index (χ4v) is 4.17. The number of benzene rings is 2. The van der Waals surface area contributed by atoms with Crippen molar-refractivity contribution in [1.82, 2.24) is 9.80 Å². The average Bonchev–Trinajstić information content (AvgIpc) is 2.72. The lowest BCUT2D eigenvalue weighted by atomic mass is 10.3. The predicted octanol–water partition coefficient (Wildman–Crippen LogP) is 1.54. The Hall–Kier alpha value is -2.75. The predicted molar refractivity (Wildman–Crippen MR) is 124 cm³/mol. The van der Waals surface area contributed by atoms with Crippen molar-refractivity contribution in [3.05, 3.63) is 60.7 Å². The van der Waals surface area contributed by atoms with E-state index < -0.39 is 9.84 Å². The minimum Gasteiger partial charge on any atom is -0.325 e. The first-order valence-electron chi connectivity index (χ1n) is 10.0. The molecule has 0 aliphatic heterocycles. The third-order valence-electron chi connectivity index (χ3n) is 4.51. The minimum atomic E-state index is -3.31. The molecule has 2 N–H and O–H groups in total. The normalized spacial score (nSPS) is 11.5. The molecule has 8 nitrogen and oxygen atoms in total. The van der Waals surface area contributed by atoms with Crippen LogP contribution in [-0.4, -0.2) is 81.8 Å². The summed E-state index contributed by atoms with van der Waals surface area (Å²) >= 11 is 0. The standard InChI is InChI=1S/C22H30N4O4S/c1-25(17-21(27)23-19-9-5-3-6-10-19)13-15-31(29,30)16-14-26(2)18-22(28)24-20-11-7-4-8-12-20/h3-12H,13-18H2,1-2H3,(H,23,27)(H,24,28). The molecule has 0 fully saturated rings. The number of nitrogens with one attached hydrogen (secondary N) is 2. The molecule has 0 heterocycles. The largest absolute Gasteiger partial charge is 0.325 e. The van der Waals surface area contributed by atoms with Crippen LogP contribution in [0.2, 0.25) is 0 Å². The Bertz CT molecular complexity index is 865. The first-order chi connectivity index (χ1) is 14.7. The second kappa shape index (κ2) is 12.2. The molecule has 0 bridgehead atoms. The van der Waals surface area contributed by atoms with Gasteiger partial charge >= 0.3 is 0 Å². The van der Waals surface area contributed by atoms with E-state index in [1.54, 1.807) is 48.2 Å². The highest BCUT2D eigenvalue weighted by atomic mass is 32.2. The quantitative estimate of drug-likeness (QED) is 0.513.